The average Bonchev–Trinajstić information content (AvgIpc) is 2.70. The second-order valence-electron chi connectivity index (χ2n) is 3.46. The predicted molar refractivity (Wildman–Crippen MR) is 55.0 cm³/mol. The SMILES string of the molecule is O=C(O)[C@H]1CC[C@@H](c2cc(Br)c[nH]2)N1. The average molecular weight is 259 g/mol. The van der Waals surface area contributed by atoms with Gasteiger partial charge in [0.25, 0.3) is 0 Å². The summed E-state index contributed by atoms with van der Waals surface area (Å²) in [6.07, 6.45) is 3.41. The number of rotatable bonds is 2. The van der Waals surface area contributed by atoms with E-state index in [-0.39, 0.29) is 6.04 Å². The van der Waals surface area contributed by atoms with Gasteiger partial charge in [-0.05, 0) is 34.8 Å². The summed E-state index contributed by atoms with van der Waals surface area (Å²) in [5, 5.41) is 11.9. The van der Waals surface area contributed by atoms with Crippen LogP contribution in [0, 0.1) is 0 Å². The number of H-pyrrole nitrogens is 1. The van der Waals surface area contributed by atoms with Gasteiger partial charge in [-0.1, -0.05) is 0 Å². The zero-order chi connectivity index (χ0) is 10.1. The second-order valence-corrected chi connectivity index (χ2v) is 4.38. The third kappa shape index (κ3) is 1.83. The van der Waals surface area contributed by atoms with E-state index < -0.39 is 12.0 Å². The molecule has 2 rings (SSSR count). The lowest BCUT2D eigenvalue weighted by atomic mass is 10.1. The van der Waals surface area contributed by atoms with Gasteiger partial charge in [-0.3, -0.25) is 10.1 Å². The van der Waals surface area contributed by atoms with E-state index in [9.17, 15) is 4.79 Å². The van der Waals surface area contributed by atoms with Crippen LogP contribution in [0.5, 0.6) is 0 Å². The zero-order valence-electron chi connectivity index (χ0n) is 7.46. The number of carbonyl (C=O) groups is 1. The van der Waals surface area contributed by atoms with Crippen molar-refractivity contribution < 1.29 is 9.90 Å². The molecule has 1 aliphatic rings. The predicted octanol–water partition coefficient (Wildman–Crippen LogP) is 1.65. The van der Waals surface area contributed by atoms with Gasteiger partial charge in [0.2, 0.25) is 0 Å². The number of aromatic amines is 1. The molecule has 1 aromatic heterocycles. The molecule has 1 saturated heterocycles. The number of hydrogen-bond acceptors (Lipinski definition) is 2. The molecule has 0 aliphatic carbocycles. The maximum atomic E-state index is 10.7. The highest BCUT2D eigenvalue weighted by Crippen LogP contribution is 2.27. The van der Waals surface area contributed by atoms with Crippen molar-refractivity contribution in [2.45, 2.75) is 24.9 Å². The number of carboxylic acid groups (broad SMARTS) is 1. The van der Waals surface area contributed by atoms with Gasteiger partial charge in [0.05, 0.1) is 0 Å². The van der Waals surface area contributed by atoms with Crippen LogP contribution in [0.4, 0.5) is 0 Å². The van der Waals surface area contributed by atoms with E-state index in [1.54, 1.807) is 0 Å². The maximum absolute atomic E-state index is 10.7. The molecule has 0 spiro atoms. The molecule has 1 fully saturated rings. The number of halogens is 1. The monoisotopic (exact) mass is 258 g/mol. The summed E-state index contributed by atoms with van der Waals surface area (Å²) in [6, 6.07) is 1.71. The lowest BCUT2D eigenvalue weighted by Gasteiger charge is -2.09. The maximum Gasteiger partial charge on any atom is 0.320 e. The van der Waals surface area contributed by atoms with Gasteiger partial charge >= 0.3 is 5.97 Å². The third-order valence-corrected chi connectivity index (χ3v) is 2.95. The van der Waals surface area contributed by atoms with E-state index in [0.717, 1.165) is 16.6 Å². The Morgan fingerprint density at radius 2 is 2.36 bits per heavy atom. The first-order valence-corrected chi connectivity index (χ1v) is 5.29. The molecule has 14 heavy (non-hydrogen) atoms. The van der Waals surface area contributed by atoms with Crippen molar-refractivity contribution in [3.8, 4) is 0 Å². The fraction of sp³-hybridized carbons (Fsp3) is 0.444. The number of carboxylic acids is 1. The van der Waals surface area contributed by atoms with E-state index in [2.05, 4.69) is 26.2 Å². The molecule has 0 unspecified atom stereocenters. The van der Waals surface area contributed by atoms with Crippen LogP contribution in [-0.2, 0) is 4.79 Å². The summed E-state index contributed by atoms with van der Waals surface area (Å²) in [6.45, 7) is 0. The lowest BCUT2D eigenvalue weighted by molar-refractivity contribution is -0.139. The van der Waals surface area contributed by atoms with Crippen molar-refractivity contribution in [2.24, 2.45) is 0 Å². The first kappa shape index (κ1) is 9.73. The Labute approximate surface area is 89.8 Å². The number of nitrogens with one attached hydrogen (secondary N) is 2. The van der Waals surface area contributed by atoms with Gasteiger partial charge < -0.3 is 10.1 Å². The van der Waals surface area contributed by atoms with Gasteiger partial charge in [-0.2, -0.15) is 0 Å². The first-order chi connectivity index (χ1) is 6.66. The van der Waals surface area contributed by atoms with Crippen molar-refractivity contribution in [1.29, 1.82) is 0 Å². The molecule has 5 heteroatoms. The normalized spacial score (nSPS) is 26.6. The van der Waals surface area contributed by atoms with E-state index in [0.29, 0.717) is 6.42 Å². The quantitative estimate of drug-likeness (QED) is 0.756. The smallest absolute Gasteiger partial charge is 0.320 e. The number of aliphatic carboxylic acids is 1. The minimum atomic E-state index is -0.766. The molecule has 0 bridgehead atoms. The van der Waals surface area contributed by atoms with Crippen LogP contribution < -0.4 is 5.32 Å². The number of aromatic nitrogens is 1. The van der Waals surface area contributed by atoms with Gasteiger partial charge in [0.1, 0.15) is 6.04 Å². The second kappa shape index (κ2) is 3.74. The Kier molecular flexibility index (Phi) is 2.60. The van der Waals surface area contributed by atoms with E-state index in [1.165, 1.54) is 0 Å². The van der Waals surface area contributed by atoms with Crippen molar-refractivity contribution in [2.75, 3.05) is 0 Å². The molecule has 76 valence electrons. The highest BCUT2D eigenvalue weighted by Gasteiger charge is 2.30. The Bertz CT molecular complexity index is 350. The molecule has 0 radical (unpaired) electrons. The molecule has 3 N–H and O–H groups in total. The minimum absolute atomic E-state index is 0.141. The molecular formula is C9H11BrN2O2. The fourth-order valence-corrected chi connectivity index (χ4v) is 2.13. The largest absolute Gasteiger partial charge is 0.480 e. The van der Waals surface area contributed by atoms with Crippen LogP contribution in [0.1, 0.15) is 24.6 Å². The van der Waals surface area contributed by atoms with Crippen LogP contribution in [-0.4, -0.2) is 22.1 Å². The van der Waals surface area contributed by atoms with Crippen LogP contribution in [0.2, 0.25) is 0 Å². The molecule has 1 aromatic rings. The van der Waals surface area contributed by atoms with Crippen molar-refractivity contribution >= 4 is 21.9 Å². The molecule has 1 aliphatic heterocycles. The molecule has 0 amide bonds. The summed E-state index contributed by atoms with van der Waals surface area (Å²) in [4.78, 5) is 13.8. The Balaban J connectivity index is 2.05. The first-order valence-electron chi connectivity index (χ1n) is 4.49. The topological polar surface area (TPSA) is 65.1 Å². The summed E-state index contributed by atoms with van der Waals surface area (Å²) in [5.74, 6) is -0.766. The van der Waals surface area contributed by atoms with E-state index in [1.807, 2.05) is 12.3 Å². The Morgan fingerprint density at radius 3 is 2.86 bits per heavy atom. The molecule has 0 aromatic carbocycles. The Hall–Kier alpha value is -0.810. The molecule has 2 atom stereocenters. The van der Waals surface area contributed by atoms with Crippen molar-refractivity contribution in [3.63, 3.8) is 0 Å². The van der Waals surface area contributed by atoms with E-state index in [4.69, 9.17) is 5.11 Å². The molecule has 2 heterocycles. The minimum Gasteiger partial charge on any atom is -0.480 e. The van der Waals surface area contributed by atoms with Crippen molar-refractivity contribution in [3.05, 3.63) is 22.4 Å². The molecular weight excluding hydrogens is 248 g/mol. The van der Waals surface area contributed by atoms with Crippen LogP contribution in [0.3, 0.4) is 0 Å². The summed E-state index contributed by atoms with van der Waals surface area (Å²) >= 11 is 3.35. The zero-order valence-corrected chi connectivity index (χ0v) is 9.04. The molecule has 0 saturated carbocycles. The van der Waals surface area contributed by atoms with Crippen LogP contribution in [0.15, 0.2) is 16.7 Å². The van der Waals surface area contributed by atoms with Crippen LogP contribution >= 0.6 is 15.9 Å². The van der Waals surface area contributed by atoms with Crippen LogP contribution in [0.25, 0.3) is 0 Å². The Morgan fingerprint density at radius 1 is 1.57 bits per heavy atom. The highest BCUT2D eigenvalue weighted by molar-refractivity contribution is 9.10. The highest BCUT2D eigenvalue weighted by atomic mass is 79.9. The lowest BCUT2D eigenvalue weighted by Crippen LogP contribution is -2.31. The van der Waals surface area contributed by atoms with E-state index >= 15 is 0 Å². The van der Waals surface area contributed by atoms with Gasteiger partial charge in [-0.15, -0.1) is 0 Å². The standard InChI is InChI=1S/C9H11BrN2O2/c10-5-3-8(11-4-5)6-1-2-7(12-6)9(13)14/h3-4,6-7,11-12H,1-2H2,(H,13,14)/t6-,7+/m0/s1. The number of hydrogen-bond donors (Lipinski definition) is 3. The van der Waals surface area contributed by atoms with Gasteiger partial charge in [-0.25, -0.2) is 0 Å². The summed E-state index contributed by atoms with van der Waals surface area (Å²) in [5.41, 5.74) is 1.04. The summed E-state index contributed by atoms with van der Waals surface area (Å²) < 4.78 is 0.994. The fourth-order valence-electron chi connectivity index (χ4n) is 1.77. The third-order valence-electron chi connectivity index (χ3n) is 2.49. The summed E-state index contributed by atoms with van der Waals surface area (Å²) in [7, 11) is 0. The molecule has 4 nitrogen and oxygen atoms in total. The van der Waals surface area contributed by atoms with Gasteiger partial charge in [0, 0.05) is 22.4 Å². The van der Waals surface area contributed by atoms with Crippen molar-refractivity contribution in [1.82, 2.24) is 10.3 Å². The van der Waals surface area contributed by atoms with Gasteiger partial charge in [0.15, 0.2) is 0 Å².